The third kappa shape index (κ3) is 3.56. The lowest BCUT2D eigenvalue weighted by Crippen LogP contribution is -2.24. The number of ether oxygens (including phenoxy) is 1. The van der Waals surface area contributed by atoms with Crippen molar-refractivity contribution < 1.29 is 14.1 Å². The molecular weight excluding hydrogens is 342 g/mol. The highest BCUT2D eigenvalue weighted by molar-refractivity contribution is 5.79. The topological polar surface area (TPSA) is 68.5 Å². The van der Waals surface area contributed by atoms with Gasteiger partial charge in [-0.25, -0.2) is 0 Å². The first-order valence-corrected chi connectivity index (χ1v) is 8.94. The zero-order valence-corrected chi connectivity index (χ0v) is 15.4. The summed E-state index contributed by atoms with van der Waals surface area (Å²) >= 11 is 0. The molecule has 138 valence electrons. The second-order valence-electron chi connectivity index (χ2n) is 6.81. The van der Waals surface area contributed by atoms with Crippen LogP contribution in [0.25, 0.3) is 11.4 Å². The number of aromatic nitrogens is 2. The molecule has 27 heavy (non-hydrogen) atoms. The van der Waals surface area contributed by atoms with E-state index in [1.807, 2.05) is 60.4 Å². The number of likely N-dealkylation sites (tertiary alicyclic amines) is 1. The molecule has 0 N–H and O–H groups in total. The molecular formula is C21H21N3O3. The van der Waals surface area contributed by atoms with E-state index in [2.05, 4.69) is 10.1 Å². The molecule has 1 aliphatic heterocycles. The summed E-state index contributed by atoms with van der Waals surface area (Å²) < 4.78 is 10.9. The molecule has 3 aromatic rings. The van der Waals surface area contributed by atoms with Crippen molar-refractivity contribution in [2.75, 3.05) is 13.7 Å². The Kier molecular flexibility index (Phi) is 4.62. The lowest BCUT2D eigenvalue weighted by atomic mass is 10.1. The van der Waals surface area contributed by atoms with Crippen LogP contribution in [0.4, 0.5) is 0 Å². The number of hydrogen-bond donors (Lipinski definition) is 0. The lowest BCUT2D eigenvalue weighted by molar-refractivity contribution is -0.128. The average molecular weight is 363 g/mol. The number of benzene rings is 2. The number of carbonyl (C=O) groups is 1. The number of para-hydroxylation sites is 1. The highest BCUT2D eigenvalue weighted by atomic mass is 16.5. The lowest BCUT2D eigenvalue weighted by Gasteiger charge is -2.17. The Morgan fingerprint density at radius 1 is 1.22 bits per heavy atom. The first-order valence-electron chi connectivity index (χ1n) is 8.94. The molecule has 1 fully saturated rings. The van der Waals surface area contributed by atoms with Gasteiger partial charge in [0.05, 0.1) is 13.0 Å². The summed E-state index contributed by atoms with van der Waals surface area (Å²) in [6, 6.07) is 15.7. The van der Waals surface area contributed by atoms with Crippen molar-refractivity contribution in [3.63, 3.8) is 0 Å². The fourth-order valence-corrected chi connectivity index (χ4v) is 3.43. The van der Waals surface area contributed by atoms with Gasteiger partial charge in [-0.05, 0) is 19.1 Å². The molecule has 0 spiro atoms. The Labute approximate surface area is 157 Å². The molecule has 1 unspecified atom stereocenters. The molecule has 0 radical (unpaired) electrons. The van der Waals surface area contributed by atoms with Gasteiger partial charge in [-0.2, -0.15) is 4.98 Å². The van der Waals surface area contributed by atoms with Gasteiger partial charge in [-0.3, -0.25) is 4.79 Å². The molecule has 1 atom stereocenters. The van der Waals surface area contributed by atoms with Crippen molar-refractivity contribution in [1.82, 2.24) is 15.0 Å². The van der Waals surface area contributed by atoms with Crippen LogP contribution in [-0.2, 0) is 11.3 Å². The van der Waals surface area contributed by atoms with Crippen LogP contribution in [0.15, 0.2) is 53.1 Å². The van der Waals surface area contributed by atoms with Crippen molar-refractivity contribution in [3.8, 4) is 17.1 Å². The van der Waals surface area contributed by atoms with E-state index in [-0.39, 0.29) is 11.8 Å². The number of amides is 1. The van der Waals surface area contributed by atoms with Gasteiger partial charge in [0.15, 0.2) is 0 Å². The summed E-state index contributed by atoms with van der Waals surface area (Å²) in [4.78, 5) is 18.8. The Morgan fingerprint density at radius 3 is 2.89 bits per heavy atom. The van der Waals surface area contributed by atoms with E-state index < -0.39 is 0 Å². The van der Waals surface area contributed by atoms with E-state index in [1.165, 1.54) is 0 Å². The van der Waals surface area contributed by atoms with E-state index in [0.29, 0.717) is 31.2 Å². The highest BCUT2D eigenvalue weighted by Crippen LogP contribution is 2.31. The van der Waals surface area contributed by atoms with E-state index in [9.17, 15) is 4.79 Å². The van der Waals surface area contributed by atoms with Gasteiger partial charge in [0.2, 0.25) is 17.6 Å². The van der Waals surface area contributed by atoms with Crippen LogP contribution in [-0.4, -0.2) is 34.6 Å². The van der Waals surface area contributed by atoms with Gasteiger partial charge in [0, 0.05) is 30.6 Å². The SMILES string of the molecule is COc1ccccc1CN1CC(c2nc(-c3cccc(C)c3)no2)CC1=O. The Bertz CT molecular complexity index is 967. The minimum Gasteiger partial charge on any atom is -0.496 e. The number of aryl methyl sites for hydroxylation is 1. The maximum absolute atomic E-state index is 12.5. The van der Waals surface area contributed by atoms with E-state index >= 15 is 0 Å². The van der Waals surface area contributed by atoms with Crippen LogP contribution in [0.5, 0.6) is 5.75 Å². The van der Waals surface area contributed by atoms with Gasteiger partial charge in [-0.15, -0.1) is 0 Å². The van der Waals surface area contributed by atoms with Gasteiger partial charge in [0.25, 0.3) is 0 Å². The fraction of sp³-hybridized carbons (Fsp3) is 0.286. The number of methoxy groups -OCH3 is 1. The van der Waals surface area contributed by atoms with Crippen molar-refractivity contribution in [2.45, 2.75) is 25.8 Å². The van der Waals surface area contributed by atoms with Crippen LogP contribution in [0.2, 0.25) is 0 Å². The van der Waals surface area contributed by atoms with Gasteiger partial charge in [-0.1, -0.05) is 47.1 Å². The van der Waals surface area contributed by atoms with Crippen molar-refractivity contribution >= 4 is 5.91 Å². The smallest absolute Gasteiger partial charge is 0.232 e. The predicted octanol–water partition coefficient (Wildman–Crippen LogP) is 3.57. The number of carbonyl (C=O) groups excluding carboxylic acids is 1. The molecule has 2 heterocycles. The third-order valence-corrected chi connectivity index (χ3v) is 4.84. The largest absolute Gasteiger partial charge is 0.496 e. The van der Waals surface area contributed by atoms with Crippen LogP contribution < -0.4 is 4.74 Å². The van der Waals surface area contributed by atoms with Crippen LogP contribution in [0, 0.1) is 6.92 Å². The summed E-state index contributed by atoms with van der Waals surface area (Å²) in [5.74, 6) is 1.86. The molecule has 0 saturated carbocycles. The van der Waals surface area contributed by atoms with Crippen molar-refractivity contribution in [1.29, 1.82) is 0 Å². The van der Waals surface area contributed by atoms with Crippen molar-refractivity contribution in [2.24, 2.45) is 0 Å². The zero-order valence-electron chi connectivity index (χ0n) is 15.4. The van der Waals surface area contributed by atoms with Gasteiger partial charge >= 0.3 is 0 Å². The number of nitrogens with zero attached hydrogens (tertiary/aromatic N) is 3. The maximum Gasteiger partial charge on any atom is 0.232 e. The van der Waals surface area contributed by atoms with Crippen LogP contribution in [0.3, 0.4) is 0 Å². The number of rotatable bonds is 5. The van der Waals surface area contributed by atoms with E-state index in [1.54, 1.807) is 7.11 Å². The summed E-state index contributed by atoms with van der Waals surface area (Å²) in [6.45, 7) is 3.10. The Balaban J connectivity index is 1.49. The molecule has 0 bridgehead atoms. The maximum atomic E-state index is 12.5. The summed E-state index contributed by atoms with van der Waals surface area (Å²) in [5.41, 5.74) is 3.04. The molecule has 1 saturated heterocycles. The number of hydrogen-bond acceptors (Lipinski definition) is 5. The quantitative estimate of drug-likeness (QED) is 0.693. The minimum atomic E-state index is -0.0849. The minimum absolute atomic E-state index is 0.0845. The Hall–Kier alpha value is -3.15. The third-order valence-electron chi connectivity index (χ3n) is 4.84. The van der Waals surface area contributed by atoms with Crippen LogP contribution >= 0.6 is 0 Å². The average Bonchev–Trinajstić information content (AvgIpc) is 3.30. The summed E-state index contributed by atoms with van der Waals surface area (Å²) in [7, 11) is 1.64. The highest BCUT2D eigenvalue weighted by Gasteiger charge is 2.34. The zero-order chi connectivity index (χ0) is 18.8. The monoisotopic (exact) mass is 363 g/mol. The van der Waals surface area contributed by atoms with Gasteiger partial charge < -0.3 is 14.2 Å². The molecule has 1 aliphatic rings. The van der Waals surface area contributed by atoms with E-state index in [0.717, 1.165) is 22.4 Å². The fourth-order valence-electron chi connectivity index (χ4n) is 3.43. The van der Waals surface area contributed by atoms with Crippen LogP contribution in [0.1, 0.15) is 29.4 Å². The molecule has 4 rings (SSSR count). The molecule has 1 aromatic heterocycles. The molecule has 1 amide bonds. The van der Waals surface area contributed by atoms with E-state index in [4.69, 9.17) is 9.26 Å². The normalized spacial score (nSPS) is 16.7. The molecule has 6 nitrogen and oxygen atoms in total. The first-order chi connectivity index (χ1) is 13.1. The first kappa shape index (κ1) is 17.3. The molecule has 6 heteroatoms. The summed E-state index contributed by atoms with van der Waals surface area (Å²) in [6.07, 6.45) is 0.380. The standard InChI is InChI=1S/C21H21N3O3/c1-14-6-5-8-15(10-14)20-22-21(27-23-20)17-11-19(25)24(13-17)12-16-7-3-4-9-18(16)26-2/h3-10,17H,11-13H2,1-2H3. The van der Waals surface area contributed by atoms with Gasteiger partial charge in [0.1, 0.15) is 5.75 Å². The Morgan fingerprint density at radius 2 is 2.07 bits per heavy atom. The predicted molar refractivity (Wildman–Crippen MR) is 100 cm³/mol. The summed E-state index contributed by atoms with van der Waals surface area (Å²) in [5, 5.41) is 4.10. The molecule has 2 aromatic carbocycles. The second-order valence-corrected chi connectivity index (χ2v) is 6.81. The second kappa shape index (κ2) is 7.23. The molecule has 0 aliphatic carbocycles. The van der Waals surface area contributed by atoms with Crippen molar-refractivity contribution in [3.05, 3.63) is 65.5 Å².